The lowest BCUT2D eigenvalue weighted by molar-refractivity contribution is 0.552. The molecule has 110 valence electrons. The first kappa shape index (κ1) is 14.4. The molecule has 0 saturated heterocycles. The van der Waals surface area contributed by atoms with Crippen molar-refractivity contribution in [1.29, 1.82) is 0 Å². The predicted octanol–water partition coefficient (Wildman–Crippen LogP) is 2.54. The van der Waals surface area contributed by atoms with Crippen molar-refractivity contribution in [2.45, 2.75) is 17.2 Å². The number of nitrogens with one attached hydrogen (secondary N) is 1. The Bertz CT molecular complexity index is 790. The van der Waals surface area contributed by atoms with Gasteiger partial charge in [-0.25, -0.2) is 13.1 Å². The number of nitrogen functional groups attached to an aromatic ring is 1. The first-order chi connectivity index (χ1) is 9.97. The van der Waals surface area contributed by atoms with Crippen LogP contribution in [0.5, 0.6) is 0 Å². The van der Waals surface area contributed by atoms with Crippen LogP contribution in [0, 0.1) is 0 Å². The molecule has 0 aliphatic heterocycles. The molecule has 0 amide bonds. The van der Waals surface area contributed by atoms with Crippen LogP contribution < -0.4 is 10.5 Å². The van der Waals surface area contributed by atoms with E-state index in [1.165, 1.54) is 29.3 Å². The largest absolute Gasteiger partial charge is 0.399 e. The van der Waals surface area contributed by atoms with Crippen molar-refractivity contribution in [1.82, 2.24) is 4.72 Å². The number of sulfonamides is 1. The van der Waals surface area contributed by atoms with Gasteiger partial charge in [-0.15, -0.1) is 0 Å². The van der Waals surface area contributed by atoms with Gasteiger partial charge in [0, 0.05) is 18.2 Å². The minimum atomic E-state index is -3.62. The summed E-state index contributed by atoms with van der Waals surface area (Å²) >= 11 is 5.96. The number of halogens is 1. The van der Waals surface area contributed by atoms with Gasteiger partial charge in [0.2, 0.25) is 10.0 Å². The number of nitrogens with two attached hydrogens (primary N) is 1. The second kappa shape index (κ2) is 5.33. The molecule has 0 bridgehead atoms. The van der Waals surface area contributed by atoms with Crippen LogP contribution in [0.4, 0.5) is 5.69 Å². The molecule has 3 rings (SSSR count). The third-order valence-corrected chi connectivity index (χ3v) is 5.63. The molecule has 1 atom stereocenters. The molecule has 21 heavy (non-hydrogen) atoms. The Morgan fingerprint density at radius 2 is 2.00 bits per heavy atom. The molecule has 6 heteroatoms. The van der Waals surface area contributed by atoms with Crippen LogP contribution in [0.3, 0.4) is 0 Å². The molecular weight excluding hydrogens is 308 g/mol. The van der Waals surface area contributed by atoms with Gasteiger partial charge in [0.15, 0.2) is 0 Å². The average Bonchev–Trinajstić information content (AvgIpc) is 2.39. The van der Waals surface area contributed by atoms with Gasteiger partial charge in [0.1, 0.15) is 4.90 Å². The Labute approximate surface area is 129 Å². The lowest BCUT2D eigenvalue weighted by Gasteiger charge is -2.30. The fourth-order valence-corrected chi connectivity index (χ4v) is 4.20. The van der Waals surface area contributed by atoms with E-state index in [0.717, 1.165) is 6.42 Å². The second-order valence-corrected chi connectivity index (χ2v) is 7.28. The van der Waals surface area contributed by atoms with Crippen LogP contribution in [-0.4, -0.2) is 15.0 Å². The summed E-state index contributed by atoms with van der Waals surface area (Å²) in [6, 6.07) is 12.5. The van der Waals surface area contributed by atoms with E-state index in [9.17, 15) is 8.42 Å². The topological polar surface area (TPSA) is 72.2 Å². The van der Waals surface area contributed by atoms with Crippen molar-refractivity contribution in [3.63, 3.8) is 0 Å². The quantitative estimate of drug-likeness (QED) is 0.850. The van der Waals surface area contributed by atoms with Gasteiger partial charge in [-0.2, -0.15) is 0 Å². The standard InChI is InChI=1S/C15H15ClN2O2S/c16-14-8-12(17)5-6-15(14)21(19,20)18-9-11-7-10-3-1-2-4-13(10)11/h1-6,8,11,18H,7,9,17H2. The molecule has 4 nitrogen and oxygen atoms in total. The third kappa shape index (κ3) is 2.77. The van der Waals surface area contributed by atoms with Crippen LogP contribution in [0.15, 0.2) is 47.4 Å². The molecule has 3 N–H and O–H groups in total. The second-order valence-electron chi connectivity index (χ2n) is 5.14. The fourth-order valence-electron chi connectivity index (χ4n) is 2.57. The molecule has 1 unspecified atom stereocenters. The Kier molecular flexibility index (Phi) is 3.65. The number of hydrogen-bond donors (Lipinski definition) is 2. The van der Waals surface area contributed by atoms with E-state index in [-0.39, 0.29) is 15.8 Å². The summed E-state index contributed by atoms with van der Waals surface area (Å²) in [5.41, 5.74) is 8.51. The lowest BCUT2D eigenvalue weighted by atomic mass is 9.78. The SMILES string of the molecule is Nc1ccc(S(=O)(=O)NCC2Cc3ccccc32)c(Cl)c1. The first-order valence-electron chi connectivity index (χ1n) is 6.60. The highest BCUT2D eigenvalue weighted by molar-refractivity contribution is 7.89. The van der Waals surface area contributed by atoms with Gasteiger partial charge in [0.05, 0.1) is 5.02 Å². The molecule has 2 aromatic carbocycles. The molecular formula is C15H15ClN2O2S. The smallest absolute Gasteiger partial charge is 0.242 e. The van der Waals surface area contributed by atoms with Crippen molar-refractivity contribution in [2.24, 2.45) is 0 Å². The van der Waals surface area contributed by atoms with Gasteiger partial charge in [-0.05, 0) is 35.7 Å². The van der Waals surface area contributed by atoms with Crippen molar-refractivity contribution in [2.75, 3.05) is 12.3 Å². The minimum Gasteiger partial charge on any atom is -0.399 e. The maximum atomic E-state index is 12.3. The van der Waals surface area contributed by atoms with Gasteiger partial charge < -0.3 is 5.73 Å². The summed E-state index contributed by atoms with van der Waals surface area (Å²) < 4.78 is 27.2. The van der Waals surface area contributed by atoms with E-state index in [4.69, 9.17) is 17.3 Å². The Hall–Kier alpha value is -1.56. The molecule has 0 spiro atoms. The van der Waals surface area contributed by atoms with E-state index < -0.39 is 10.0 Å². The zero-order valence-corrected chi connectivity index (χ0v) is 12.8. The highest BCUT2D eigenvalue weighted by Crippen LogP contribution is 2.34. The van der Waals surface area contributed by atoms with Crippen molar-refractivity contribution >= 4 is 27.3 Å². The molecule has 0 aromatic heterocycles. The highest BCUT2D eigenvalue weighted by Gasteiger charge is 2.27. The number of benzene rings is 2. The monoisotopic (exact) mass is 322 g/mol. The molecule has 1 aliphatic rings. The molecule has 1 aliphatic carbocycles. The summed E-state index contributed by atoms with van der Waals surface area (Å²) in [5.74, 6) is 0.225. The van der Waals surface area contributed by atoms with E-state index in [2.05, 4.69) is 10.8 Å². The van der Waals surface area contributed by atoms with E-state index in [0.29, 0.717) is 12.2 Å². The number of fused-ring (bicyclic) bond motifs is 1. The van der Waals surface area contributed by atoms with Crippen LogP contribution in [0.2, 0.25) is 5.02 Å². The van der Waals surface area contributed by atoms with Gasteiger partial charge in [-0.3, -0.25) is 0 Å². The Morgan fingerprint density at radius 1 is 1.24 bits per heavy atom. The zero-order chi connectivity index (χ0) is 15.0. The normalized spacial score (nSPS) is 17.1. The Morgan fingerprint density at radius 3 is 2.71 bits per heavy atom. The summed E-state index contributed by atoms with van der Waals surface area (Å²) in [4.78, 5) is 0.0611. The predicted molar refractivity (Wildman–Crippen MR) is 83.9 cm³/mol. The maximum Gasteiger partial charge on any atom is 0.242 e. The van der Waals surface area contributed by atoms with Crippen LogP contribution >= 0.6 is 11.6 Å². The van der Waals surface area contributed by atoms with Crippen LogP contribution in [0.25, 0.3) is 0 Å². The van der Waals surface area contributed by atoms with Crippen molar-refractivity contribution in [3.05, 3.63) is 58.6 Å². The van der Waals surface area contributed by atoms with Gasteiger partial charge in [0.25, 0.3) is 0 Å². The molecule has 2 aromatic rings. The number of hydrogen-bond acceptors (Lipinski definition) is 3. The van der Waals surface area contributed by atoms with Crippen molar-refractivity contribution < 1.29 is 8.42 Å². The van der Waals surface area contributed by atoms with Gasteiger partial charge in [-0.1, -0.05) is 35.9 Å². The molecule has 0 heterocycles. The first-order valence-corrected chi connectivity index (χ1v) is 8.46. The number of rotatable bonds is 4. The van der Waals surface area contributed by atoms with Crippen molar-refractivity contribution in [3.8, 4) is 0 Å². The summed E-state index contributed by atoms with van der Waals surface area (Å²) in [7, 11) is -3.62. The fraction of sp³-hybridized carbons (Fsp3) is 0.200. The van der Waals surface area contributed by atoms with Crippen LogP contribution in [0.1, 0.15) is 17.0 Å². The van der Waals surface area contributed by atoms with E-state index >= 15 is 0 Å². The summed E-state index contributed by atoms with van der Waals surface area (Å²) in [6.07, 6.45) is 0.897. The van der Waals surface area contributed by atoms with Crippen LogP contribution in [-0.2, 0) is 16.4 Å². The molecule has 0 fully saturated rings. The highest BCUT2D eigenvalue weighted by atomic mass is 35.5. The average molecular weight is 323 g/mol. The zero-order valence-electron chi connectivity index (χ0n) is 11.2. The minimum absolute atomic E-state index is 0.0611. The summed E-state index contributed by atoms with van der Waals surface area (Å²) in [5, 5.41) is 0.136. The summed E-state index contributed by atoms with van der Waals surface area (Å²) in [6.45, 7) is 0.375. The molecule has 0 radical (unpaired) electrons. The Balaban J connectivity index is 1.73. The van der Waals surface area contributed by atoms with E-state index in [1.807, 2.05) is 18.2 Å². The third-order valence-electron chi connectivity index (χ3n) is 3.73. The maximum absolute atomic E-state index is 12.3. The van der Waals surface area contributed by atoms with Gasteiger partial charge >= 0.3 is 0 Å². The lowest BCUT2D eigenvalue weighted by Crippen LogP contribution is -2.33. The van der Waals surface area contributed by atoms with E-state index in [1.54, 1.807) is 0 Å². The number of anilines is 1. The molecule has 0 saturated carbocycles.